The zero-order valence-electron chi connectivity index (χ0n) is 23.6. The fourth-order valence-corrected chi connectivity index (χ4v) is 5.47. The van der Waals surface area contributed by atoms with Crippen LogP contribution in [0.2, 0.25) is 10.0 Å². The highest BCUT2D eigenvalue weighted by atomic mass is 35.5. The lowest BCUT2D eigenvalue weighted by molar-refractivity contribution is -0.141. The van der Waals surface area contributed by atoms with Crippen molar-refractivity contribution in [3.63, 3.8) is 0 Å². The van der Waals surface area contributed by atoms with E-state index in [-0.39, 0.29) is 42.0 Å². The van der Waals surface area contributed by atoms with Crippen molar-refractivity contribution in [2.24, 2.45) is 11.3 Å². The summed E-state index contributed by atoms with van der Waals surface area (Å²) in [5.41, 5.74) is 0.454. The van der Waals surface area contributed by atoms with E-state index in [1.54, 1.807) is 18.2 Å². The van der Waals surface area contributed by atoms with Gasteiger partial charge in [-0.3, -0.25) is 24.0 Å². The van der Waals surface area contributed by atoms with Gasteiger partial charge in [0.2, 0.25) is 23.5 Å². The van der Waals surface area contributed by atoms with Gasteiger partial charge in [0, 0.05) is 35.0 Å². The number of benzene rings is 1. The Labute approximate surface area is 245 Å². The molecule has 4 N–H and O–H groups in total. The van der Waals surface area contributed by atoms with Crippen molar-refractivity contribution in [1.29, 1.82) is 0 Å². The van der Waals surface area contributed by atoms with Crippen LogP contribution in [0, 0.1) is 11.3 Å². The van der Waals surface area contributed by atoms with Gasteiger partial charge in [0.25, 0.3) is 5.91 Å². The molecule has 1 unspecified atom stereocenters. The van der Waals surface area contributed by atoms with E-state index in [0.717, 1.165) is 18.4 Å². The highest BCUT2D eigenvalue weighted by molar-refractivity contribution is 6.38. The highest BCUT2D eigenvalue weighted by Gasteiger charge is 2.37. The highest BCUT2D eigenvalue weighted by Crippen LogP contribution is 2.32. The number of hydrogen-bond acceptors (Lipinski definition) is 5. The first-order chi connectivity index (χ1) is 18.8. The summed E-state index contributed by atoms with van der Waals surface area (Å²) >= 11 is 12.4. The van der Waals surface area contributed by atoms with Gasteiger partial charge in [-0.25, -0.2) is 0 Å². The molecule has 1 aliphatic carbocycles. The molecule has 11 heteroatoms. The minimum absolute atomic E-state index is 0.0116. The van der Waals surface area contributed by atoms with Gasteiger partial charge in [-0.1, -0.05) is 57.0 Å². The predicted octanol–water partition coefficient (Wildman–Crippen LogP) is 3.66. The normalized spacial score (nSPS) is 19.2. The van der Waals surface area contributed by atoms with E-state index in [2.05, 4.69) is 21.3 Å². The topological polar surface area (TPSA) is 133 Å². The van der Waals surface area contributed by atoms with Crippen molar-refractivity contribution < 1.29 is 24.0 Å². The Bertz CT molecular complexity index is 1130. The monoisotopic (exact) mass is 594 g/mol. The smallest absolute Gasteiger partial charge is 0.289 e. The number of rotatable bonds is 13. The van der Waals surface area contributed by atoms with Crippen LogP contribution in [0.3, 0.4) is 0 Å². The number of Topliss-reactive ketones (excluding diaryl/α,β-unsaturated/α-hetero) is 1. The summed E-state index contributed by atoms with van der Waals surface area (Å²) in [6.07, 6.45) is 3.17. The molecule has 1 aromatic rings. The van der Waals surface area contributed by atoms with Gasteiger partial charge >= 0.3 is 0 Å². The van der Waals surface area contributed by atoms with Crippen LogP contribution in [0.4, 0.5) is 0 Å². The molecule has 0 spiro atoms. The molecule has 0 bridgehead atoms. The summed E-state index contributed by atoms with van der Waals surface area (Å²) in [5.74, 6) is -3.36. The molecule has 220 valence electrons. The van der Waals surface area contributed by atoms with Crippen molar-refractivity contribution in [2.45, 2.75) is 96.7 Å². The molecule has 0 aromatic heterocycles. The van der Waals surface area contributed by atoms with Crippen LogP contribution in [-0.4, -0.2) is 54.1 Å². The minimum Gasteiger partial charge on any atom is -0.356 e. The van der Waals surface area contributed by atoms with Crippen molar-refractivity contribution in [3.8, 4) is 0 Å². The van der Waals surface area contributed by atoms with Gasteiger partial charge in [0.15, 0.2) is 0 Å². The van der Waals surface area contributed by atoms with Crippen LogP contribution in [0.5, 0.6) is 0 Å². The van der Waals surface area contributed by atoms with E-state index >= 15 is 0 Å². The average Bonchev–Trinajstić information content (AvgIpc) is 3.59. The third-order valence-corrected chi connectivity index (χ3v) is 7.81. The maximum atomic E-state index is 13.6. The first kappa shape index (κ1) is 31.9. The summed E-state index contributed by atoms with van der Waals surface area (Å²) < 4.78 is 0. The van der Waals surface area contributed by atoms with Gasteiger partial charge in [-0.05, 0) is 67.6 Å². The molecule has 4 amide bonds. The summed E-state index contributed by atoms with van der Waals surface area (Å²) in [7, 11) is 0. The largest absolute Gasteiger partial charge is 0.356 e. The first-order valence-electron chi connectivity index (χ1n) is 13.9. The number of hydrogen-bond donors (Lipinski definition) is 4. The number of nitrogens with one attached hydrogen (secondary N) is 4. The number of amides is 4. The first-order valence-corrected chi connectivity index (χ1v) is 14.7. The van der Waals surface area contributed by atoms with E-state index in [1.165, 1.54) is 0 Å². The zero-order chi connectivity index (χ0) is 29.6. The minimum atomic E-state index is -1.18. The van der Waals surface area contributed by atoms with Crippen LogP contribution in [-0.2, 0) is 24.0 Å². The molecule has 9 nitrogen and oxygen atoms in total. The quantitative estimate of drug-likeness (QED) is 0.259. The van der Waals surface area contributed by atoms with Crippen LogP contribution in [0.15, 0.2) is 18.2 Å². The number of carbonyl (C=O) groups excluding carboxylic acids is 5. The van der Waals surface area contributed by atoms with E-state index in [9.17, 15) is 24.0 Å². The molecule has 3 rings (SSSR count). The van der Waals surface area contributed by atoms with E-state index in [0.29, 0.717) is 35.9 Å². The zero-order valence-corrected chi connectivity index (χ0v) is 25.1. The molecule has 4 atom stereocenters. The number of halogens is 2. The fourth-order valence-electron chi connectivity index (χ4n) is 4.91. The Kier molecular flexibility index (Phi) is 11.0. The molecular formula is C29H40Cl2N4O5. The molecule has 40 heavy (non-hydrogen) atoms. The number of ketones is 1. The van der Waals surface area contributed by atoms with E-state index < -0.39 is 35.6 Å². The lowest BCUT2D eigenvalue weighted by Gasteiger charge is -2.29. The molecule has 1 aromatic carbocycles. The Balaban J connectivity index is 1.75. The molecular weight excluding hydrogens is 555 g/mol. The lowest BCUT2D eigenvalue weighted by Crippen LogP contribution is -2.55. The van der Waals surface area contributed by atoms with Gasteiger partial charge < -0.3 is 21.3 Å². The molecule has 1 saturated heterocycles. The lowest BCUT2D eigenvalue weighted by atomic mass is 9.87. The molecule has 1 saturated carbocycles. The SMILES string of the molecule is CC[C@@H](CC(=O)N[C@@H](CC(C)(C)C)C(=O)NC(C[C@@H]1CCNC1=O)C(=O)C(=O)NC1CC1)c1ccc(Cl)cc1Cl. The predicted molar refractivity (Wildman–Crippen MR) is 154 cm³/mol. The van der Waals surface area contributed by atoms with Gasteiger partial charge in [0.05, 0.1) is 6.04 Å². The summed E-state index contributed by atoms with van der Waals surface area (Å²) in [5, 5.41) is 11.9. The molecule has 1 heterocycles. The van der Waals surface area contributed by atoms with Crippen LogP contribution in [0.1, 0.15) is 84.1 Å². The Morgan fingerprint density at radius 3 is 2.30 bits per heavy atom. The van der Waals surface area contributed by atoms with Crippen molar-refractivity contribution in [3.05, 3.63) is 33.8 Å². The molecule has 1 aliphatic heterocycles. The summed E-state index contributed by atoms with van der Waals surface area (Å²) in [6, 6.07) is 2.99. The van der Waals surface area contributed by atoms with Crippen LogP contribution in [0.25, 0.3) is 0 Å². The molecule has 2 aliphatic rings. The Morgan fingerprint density at radius 1 is 1.05 bits per heavy atom. The second-order valence-electron chi connectivity index (χ2n) is 12.0. The fraction of sp³-hybridized carbons (Fsp3) is 0.621. The molecule has 0 radical (unpaired) electrons. The summed E-state index contributed by atoms with van der Waals surface area (Å²) in [6.45, 7) is 8.25. The number of carbonyl (C=O) groups is 5. The van der Waals surface area contributed by atoms with Crippen molar-refractivity contribution in [1.82, 2.24) is 21.3 Å². The summed E-state index contributed by atoms with van der Waals surface area (Å²) in [4.78, 5) is 64.7. The average molecular weight is 596 g/mol. The maximum Gasteiger partial charge on any atom is 0.289 e. The van der Waals surface area contributed by atoms with Crippen molar-refractivity contribution in [2.75, 3.05) is 6.54 Å². The second kappa shape index (κ2) is 13.8. The Morgan fingerprint density at radius 2 is 1.75 bits per heavy atom. The van der Waals surface area contributed by atoms with Gasteiger partial charge in [-0.15, -0.1) is 0 Å². The third kappa shape index (κ3) is 9.47. The second-order valence-corrected chi connectivity index (χ2v) is 12.9. The molecule has 2 fully saturated rings. The van der Waals surface area contributed by atoms with Gasteiger partial charge in [0.1, 0.15) is 6.04 Å². The van der Waals surface area contributed by atoms with Gasteiger partial charge in [-0.2, -0.15) is 0 Å². The van der Waals surface area contributed by atoms with E-state index in [4.69, 9.17) is 23.2 Å². The van der Waals surface area contributed by atoms with Crippen LogP contribution < -0.4 is 21.3 Å². The Hall–Kier alpha value is -2.65. The standard InChI is InChI=1S/C29H40Cl2N4O5/c1-5-16(20-9-6-18(30)14-21(20)31)13-24(36)34-23(15-29(2,3)4)27(39)35-22(12-17-10-11-32-26(17)38)25(37)28(40)33-19-7-8-19/h6,9,14,16-17,19,22-23H,5,7-8,10-13,15H2,1-4H3,(H,32,38)(H,33,40)(H,34,36)(H,35,39)/t16-,17-,22?,23-/m0/s1. The van der Waals surface area contributed by atoms with Crippen molar-refractivity contribution >= 4 is 52.6 Å². The van der Waals surface area contributed by atoms with E-state index in [1.807, 2.05) is 27.7 Å². The third-order valence-electron chi connectivity index (χ3n) is 7.25. The van der Waals surface area contributed by atoms with Crippen LogP contribution >= 0.6 is 23.2 Å². The maximum absolute atomic E-state index is 13.6.